The maximum Gasteiger partial charge on any atom is 0.329 e. The van der Waals surface area contributed by atoms with E-state index in [1.807, 2.05) is 0 Å². The van der Waals surface area contributed by atoms with Gasteiger partial charge in [0.15, 0.2) is 6.10 Å². The molecule has 160 valence electrons. The maximum atomic E-state index is 12.6. The van der Waals surface area contributed by atoms with Gasteiger partial charge in [-0.1, -0.05) is 26.0 Å². The summed E-state index contributed by atoms with van der Waals surface area (Å²) in [4.78, 5) is 48.8. The van der Waals surface area contributed by atoms with Gasteiger partial charge in [0.25, 0.3) is 11.8 Å². The minimum absolute atomic E-state index is 0.156. The number of para-hydroxylation sites is 1. The Balaban J connectivity index is 2.78. The number of imide groups is 1. The van der Waals surface area contributed by atoms with Crippen molar-refractivity contribution in [3.8, 4) is 5.75 Å². The van der Waals surface area contributed by atoms with Crippen molar-refractivity contribution in [1.82, 2.24) is 16.0 Å². The van der Waals surface area contributed by atoms with Crippen LogP contribution in [0.4, 0.5) is 4.79 Å². The van der Waals surface area contributed by atoms with Gasteiger partial charge in [0, 0.05) is 6.04 Å². The third-order valence-corrected chi connectivity index (χ3v) is 3.88. The van der Waals surface area contributed by atoms with E-state index in [2.05, 4.69) is 16.0 Å². The molecule has 29 heavy (non-hydrogen) atoms. The number of esters is 1. The zero-order chi connectivity index (χ0) is 22.1. The van der Waals surface area contributed by atoms with E-state index in [1.165, 1.54) is 14.0 Å². The summed E-state index contributed by atoms with van der Waals surface area (Å²) in [6.07, 6.45) is -1.22. The molecule has 0 aromatic heterocycles. The molecular weight excluding hydrogens is 378 g/mol. The maximum absolute atomic E-state index is 12.6. The molecule has 1 aromatic rings. The first-order chi connectivity index (χ1) is 13.6. The molecule has 0 aliphatic rings. The Morgan fingerprint density at radius 3 is 2.10 bits per heavy atom. The summed E-state index contributed by atoms with van der Waals surface area (Å²) in [5.41, 5.74) is 0.268. The number of hydrogen-bond donors (Lipinski definition) is 3. The first-order valence-corrected chi connectivity index (χ1v) is 9.32. The van der Waals surface area contributed by atoms with Crippen LogP contribution in [-0.4, -0.2) is 49.1 Å². The van der Waals surface area contributed by atoms with E-state index >= 15 is 0 Å². The highest BCUT2D eigenvalue weighted by Gasteiger charge is 2.30. The fourth-order valence-electron chi connectivity index (χ4n) is 2.36. The Kier molecular flexibility index (Phi) is 9.11. The summed E-state index contributed by atoms with van der Waals surface area (Å²) < 4.78 is 10.3. The zero-order valence-corrected chi connectivity index (χ0v) is 17.6. The Hall–Kier alpha value is -3.10. The van der Waals surface area contributed by atoms with E-state index in [1.54, 1.807) is 52.0 Å². The van der Waals surface area contributed by atoms with Crippen molar-refractivity contribution >= 4 is 23.8 Å². The molecule has 2 atom stereocenters. The SMILES string of the molecule is COc1ccccc1C(=O)N[C@H](C(=O)O[C@H](C)C(=O)NC(=O)NC(C)C)C(C)C. The number of benzene rings is 1. The molecule has 0 radical (unpaired) electrons. The molecule has 1 rings (SSSR count). The van der Waals surface area contributed by atoms with Gasteiger partial charge in [-0.3, -0.25) is 14.9 Å². The van der Waals surface area contributed by atoms with Crippen LogP contribution in [0.2, 0.25) is 0 Å². The topological polar surface area (TPSA) is 123 Å². The molecule has 9 heteroatoms. The second kappa shape index (κ2) is 11.0. The van der Waals surface area contributed by atoms with Crippen LogP contribution in [0.3, 0.4) is 0 Å². The number of methoxy groups -OCH3 is 1. The number of rotatable bonds is 8. The van der Waals surface area contributed by atoms with Crippen molar-refractivity contribution in [3.63, 3.8) is 0 Å². The number of hydrogen-bond acceptors (Lipinski definition) is 6. The van der Waals surface area contributed by atoms with Gasteiger partial charge in [-0.2, -0.15) is 0 Å². The van der Waals surface area contributed by atoms with E-state index < -0.39 is 36.0 Å². The van der Waals surface area contributed by atoms with Crippen molar-refractivity contribution in [2.45, 2.75) is 52.8 Å². The van der Waals surface area contributed by atoms with E-state index in [4.69, 9.17) is 9.47 Å². The van der Waals surface area contributed by atoms with Crippen LogP contribution in [0.25, 0.3) is 0 Å². The van der Waals surface area contributed by atoms with E-state index in [9.17, 15) is 19.2 Å². The van der Waals surface area contributed by atoms with Crippen molar-refractivity contribution in [3.05, 3.63) is 29.8 Å². The summed E-state index contributed by atoms with van der Waals surface area (Å²) in [5, 5.41) is 7.21. The first-order valence-electron chi connectivity index (χ1n) is 9.32. The summed E-state index contributed by atoms with van der Waals surface area (Å²) in [5.74, 6) is -2.00. The summed E-state index contributed by atoms with van der Waals surface area (Å²) >= 11 is 0. The Morgan fingerprint density at radius 2 is 1.55 bits per heavy atom. The number of urea groups is 1. The molecule has 0 fully saturated rings. The Morgan fingerprint density at radius 1 is 0.931 bits per heavy atom. The lowest BCUT2D eigenvalue weighted by atomic mass is 10.0. The second-order valence-electron chi connectivity index (χ2n) is 7.09. The van der Waals surface area contributed by atoms with Gasteiger partial charge in [-0.05, 0) is 38.8 Å². The van der Waals surface area contributed by atoms with Gasteiger partial charge >= 0.3 is 12.0 Å². The standard InChI is InChI=1S/C20H29N3O6/c1-11(2)16(22-18(25)14-9-7-8-10-15(14)28-6)19(26)29-13(5)17(24)23-20(27)21-12(3)4/h7-13,16H,1-6H3,(H,22,25)(H2,21,23,24,27)/t13-,16+/m1/s1. The van der Waals surface area contributed by atoms with Crippen molar-refractivity contribution < 1.29 is 28.7 Å². The third-order valence-electron chi connectivity index (χ3n) is 3.88. The van der Waals surface area contributed by atoms with E-state index in [-0.39, 0.29) is 17.5 Å². The molecule has 0 saturated heterocycles. The highest BCUT2D eigenvalue weighted by molar-refractivity contribution is 6.00. The van der Waals surface area contributed by atoms with Crippen LogP contribution >= 0.6 is 0 Å². The zero-order valence-electron chi connectivity index (χ0n) is 17.6. The highest BCUT2D eigenvalue weighted by Crippen LogP contribution is 2.18. The summed E-state index contributed by atoms with van der Waals surface area (Å²) in [7, 11) is 1.44. The van der Waals surface area contributed by atoms with E-state index in [0.29, 0.717) is 5.75 Å². The largest absolute Gasteiger partial charge is 0.496 e. The first kappa shape index (κ1) is 23.9. The molecule has 0 aliphatic heterocycles. The lowest BCUT2D eigenvalue weighted by molar-refractivity contribution is -0.157. The van der Waals surface area contributed by atoms with Gasteiger partial charge < -0.3 is 20.1 Å². The normalized spacial score (nSPS) is 12.7. The van der Waals surface area contributed by atoms with Crippen molar-refractivity contribution in [2.75, 3.05) is 7.11 Å². The van der Waals surface area contributed by atoms with Crippen LogP contribution in [-0.2, 0) is 14.3 Å². The molecule has 3 N–H and O–H groups in total. The molecule has 1 aromatic carbocycles. The predicted molar refractivity (Wildman–Crippen MR) is 106 cm³/mol. The van der Waals surface area contributed by atoms with Crippen LogP contribution in [0.15, 0.2) is 24.3 Å². The minimum Gasteiger partial charge on any atom is -0.496 e. The molecule has 9 nitrogen and oxygen atoms in total. The average Bonchev–Trinajstić information content (AvgIpc) is 2.64. The van der Waals surface area contributed by atoms with E-state index in [0.717, 1.165) is 0 Å². The molecule has 0 spiro atoms. The van der Waals surface area contributed by atoms with Crippen LogP contribution in [0.5, 0.6) is 5.75 Å². The number of carbonyl (C=O) groups is 4. The average molecular weight is 407 g/mol. The van der Waals surface area contributed by atoms with Crippen LogP contribution in [0, 0.1) is 5.92 Å². The molecular formula is C20H29N3O6. The lowest BCUT2D eigenvalue weighted by Crippen LogP contribution is -2.50. The number of carbonyl (C=O) groups excluding carboxylic acids is 4. The van der Waals surface area contributed by atoms with Crippen LogP contribution in [0.1, 0.15) is 45.0 Å². The minimum atomic E-state index is -1.22. The third kappa shape index (κ3) is 7.44. The molecule has 4 amide bonds. The molecule has 0 bridgehead atoms. The highest BCUT2D eigenvalue weighted by atomic mass is 16.5. The van der Waals surface area contributed by atoms with Gasteiger partial charge in [-0.15, -0.1) is 0 Å². The fraction of sp³-hybridized carbons (Fsp3) is 0.500. The van der Waals surface area contributed by atoms with Crippen LogP contribution < -0.4 is 20.7 Å². The van der Waals surface area contributed by atoms with Gasteiger partial charge in [0.1, 0.15) is 11.8 Å². The fourth-order valence-corrected chi connectivity index (χ4v) is 2.36. The molecule has 0 saturated carbocycles. The monoisotopic (exact) mass is 407 g/mol. The molecule has 0 aliphatic carbocycles. The Labute approximate surface area is 170 Å². The predicted octanol–water partition coefficient (Wildman–Crippen LogP) is 1.62. The second-order valence-corrected chi connectivity index (χ2v) is 7.09. The number of amides is 4. The van der Waals surface area contributed by atoms with Gasteiger partial charge in [-0.25, -0.2) is 9.59 Å². The van der Waals surface area contributed by atoms with Crippen molar-refractivity contribution in [2.24, 2.45) is 5.92 Å². The number of ether oxygens (including phenoxy) is 2. The number of nitrogens with one attached hydrogen (secondary N) is 3. The van der Waals surface area contributed by atoms with Gasteiger partial charge in [0.05, 0.1) is 12.7 Å². The Bertz CT molecular complexity index is 747. The quantitative estimate of drug-likeness (QED) is 0.563. The van der Waals surface area contributed by atoms with Crippen molar-refractivity contribution in [1.29, 1.82) is 0 Å². The van der Waals surface area contributed by atoms with Gasteiger partial charge in [0.2, 0.25) is 0 Å². The molecule has 0 unspecified atom stereocenters. The summed E-state index contributed by atoms with van der Waals surface area (Å²) in [6.45, 7) is 8.29. The summed E-state index contributed by atoms with van der Waals surface area (Å²) in [6, 6.07) is 4.77. The molecule has 0 heterocycles. The smallest absolute Gasteiger partial charge is 0.329 e. The lowest BCUT2D eigenvalue weighted by Gasteiger charge is -2.23.